The summed E-state index contributed by atoms with van der Waals surface area (Å²) in [6.07, 6.45) is 5.13. The molecule has 0 aromatic carbocycles. The van der Waals surface area contributed by atoms with Crippen LogP contribution in [0, 0.1) is 12.3 Å². The van der Waals surface area contributed by atoms with Crippen molar-refractivity contribution in [3.05, 3.63) is 6.42 Å². The molecular weight excluding hydrogens is 257 g/mol. The number of carbonyl (C=O) groups excluding carboxylic acids is 2. The molecule has 0 saturated carbocycles. The Labute approximate surface area is 131 Å². The van der Waals surface area contributed by atoms with Crippen LogP contribution < -0.4 is 18.9 Å². The van der Waals surface area contributed by atoms with Crippen LogP contribution in [0.4, 0.5) is 4.79 Å². The van der Waals surface area contributed by atoms with Gasteiger partial charge in [-0.05, 0) is 34.6 Å². The van der Waals surface area contributed by atoms with Crippen molar-refractivity contribution in [1.82, 2.24) is 4.90 Å². The average Bonchev–Trinajstić information content (AvgIpc) is 2.51. The summed E-state index contributed by atoms with van der Waals surface area (Å²) in [4.78, 5) is 24.4. The van der Waals surface area contributed by atoms with Crippen LogP contribution >= 0.6 is 0 Å². The number of carbonyl (C=O) groups is 2. The third kappa shape index (κ3) is 4.76. The monoisotopic (exact) mass is 275 g/mol. The van der Waals surface area contributed by atoms with Crippen molar-refractivity contribution in [1.29, 1.82) is 0 Å². The second kappa shape index (κ2) is 6.54. The van der Waals surface area contributed by atoms with E-state index in [1.807, 2.05) is 0 Å². The van der Waals surface area contributed by atoms with E-state index >= 15 is 0 Å². The minimum absolute atomic E-state index is 0. The van der Waals surface area contributed by atoms with E-state index in [0.717, 1.165) is 0 Å². The Morgan fingerprint density at radius 1 is 1.40 bits per heavy atom. The molecule has 1 fully saturated rings. The second-order valence-corrected chi connectivity index (χ2v) is 5.59. The minimum Gasteiger partial charge on any atom is -0.519 e. The summed E-state index contributed by atoms with van der Waals surface area (Å²) in [5.41, 5.74) is -1.62. The van der Waals surface area contributed by atoms with Crippen LogP contribution in [-0.4, -0.2) is 41.1 Å². The van der Waals surface area contributed by atoms with Gasteiger partial charge in [0.1, 0.15) is 17.9 Å². The average molecular weight is 275 g/mol. The van der Waals surface area contributed by atoms with E-state index in [9.17, 15) is 9.59 Å². The molecule has 1 rings (SSSR count). The van der Waals surface area contributed by atoms with E-state index in [4.69, 9.17) is 20.6 Å². The number of nitrogens with zero attached hydrogens (tertiary/aromatic N) is 1. The topological polar surface area (TPSA) is 65.1 Å². The van der Waals surface area contributed by atoms with Gasteiger partial charge in [-0.25, -0.2) is 15.6 Å². The van der Waals surface area contributed by atoms with Crippen molar-refractivity contribution in [2.45, 2.75) is 52.2 Å². The number of rotatable bonds is 1. The van der Waals surface area contributed by atoms with Crippen molar-refractivity contribution in [2.24, 2.45) is 0 Å². The van der Waals surface area contributed by atoms with E-state index in [-0.39, 0.29) is 25.5 Å². The third-order valence-electron chi connectivity index (χ3n) is 2.38. The smallest absolute Gasteiger partial charge is 0.519 e. The summed E-state index contributed by atoms with van der Waals surface area (Å²) in [5, 5.41) is 0. The van der Waals surface area contributed by atoms with Gasteiger partial charge in [0, 0.05) is 0 Å². The molecule has 1 aliphatic rings. The first-order valence-corrected chi connectivity index (χ1v) is 5.86. The Balaban J connectivity index is 0.00000361. The zero-order valence-corrected chi connectivity index (χ0v) is 12.8. The van der Waals surface area contributed by atoms with E-state index in [1.54, 1.807) is 40.5 Å². The van der Waals surface area contributed by atoms with Gasteiger partial charge in [-0.2, -0.15) is 0 Å². The van der Waals surface area contributed by atoms with Crippen LogP contribution in [0.5, 0.6) is 0 Å². The van der Waals surface area contributed by atoms with Crippen LogP contribution in [0.2, 0.25) is 0 Å². The molecule has 1 saturated heterocycles. The van der Waals surface area contributed by atoms with Crippen molar-refractivity contribution >= 4 is 12.1 Å². The van der Waals surface area contributed by atoms with Gasteiger partial charge in [-0.15, -0.1) is 0 Å². The van der Waals surface area contributed by atoms with Crippen LogP contribution in [0.1, 0.15) is 34.6 Å². The summed E-state index contributed by atoms with van der Waals surface area (Å²) >= 11 is 0. The Kier molecular flexibility index (Phi) is 6.17. The predicted octanol–water partition coefficient (Wildman–Crippen LogP) is -1.55. The van der Waals surface area contributed by atoms with Gasteiger partial charge >= 0.3 is 25.0 Å². The normalized spacial score (nSPS) is 20.6. The molecule has 1 atom stereocenters. The van der Waals surface area contributed by atoms with Crippen LogP contribution in [0.25, 0.3) is 0 Å². The fraction of sp³-hybridized carbons (Fsp3) is 0.692. The number of ether oxygens (including phenoxy) is 3. The van der Waals surface area contributed by atoms with Crippen molar-refractivity contribution in [3.63, 3.8) is 0 Å². The number of hydrogen-bond donors (Lipinski definition) is 0. The zero-order valence-electron chi connectivity index (χ0n) is 12.8. The quantitative estimate of drug-likeness (QED) is 0.251. The molecule has 1 heterocycles. The molecule has 106 valence electrons. The molecule has 7 heteroatoms. The fourth-order valence-corrected chi connectivity index (χ4v) is 1.65. The van der Waals surface area contributed by atoms with Gasteiger partial charge in [0.15, 0.2) is 6.23 Å². The van der Waals surface area contributed by atoms with E-state index in [1.165, 1.54) is 4.90 Å². The maximum Gasteiger partial charge on any atom is 1.00 e. The summed E-state index contributed by atoms with van der Waals surface area (Å²) in [6.45, 7) is 8.57. The van der Waals surface area contributed by atoms with Gasteiger partial charge in [0.2, 0.25) is 5.97 Å². The fourth-order valence-electron chi connectivity index (χ4n) is 1.65. The molecule has 6 nitrogen and oxygen atoms in total. The van der Waals surface area contributed by atoms with Crippen LogP contribution in [-0.2, 0) is 19.0 Å². The Bertz CT molecular complexity index is 421. The maximum atomic E-state index is 12.1. The Morgan fingerprint density at radius 2 is 1.95 bits per heavy atom. The molecule has 0 unspecified atom stereocenters. The molecule has 0 bridgehead atoms. The summed E-state index contributed by atoms with van der Waals surface area (Å²) < 4.78 is 15.6. The van der Waals surface area contributed by atoms with Gasteiger partial charge in [0.25, 0.3) is 0 Å². The van der Waals surface area contributed by atoms with Crippen molar-refractivity contribution in [2.75, 3.05) is 6.61 Å². The largest absolute Gasteiger partial charge is 1.00 e. The molecule has 20 heavy (non-hydrogen) atoms. The molecule has 0 aromatic rings. The molecule has 0 N–H and O–H groups in total. The summed E-state index contributed by atoms with van der Waals surface area (Å²) in [7, 11) is 0. The zero-order chi connectivity index (χ0) is 14.8. The van der Waals surface area contributed by atoms with E-state index < -0.39 is 29.6 Å². The summed E-state index contributed by atoms with van der Waals surface area (Å²) in [5.74, 6) is 0.623. The minimum atomic E-state index is -0.958. The standard InChI is InChI=1S/C13H18NO5.Li/c1-7-10(15)18-9-8-17-13(5,6)14(9)11(16)19-12(2,3)4;/h9H,8H2,2-6H3;/q-1;+1/t9-;/m1./s1. The first-order chi connectivity index (χ1) is 8.57. The second-order valence-electron chi connectivity index (χ2n) is 5.59. The molecule has 0 aromatic heterocycles. The molecule has 0 spiro atoms. The molecule has 0 radical (unpaired) electrons. The van der Waals surface area contributed by atoms with Crippen LogP contribution in [0.3, 0.4) is 0 Å². The van der Waals surface area contributed by atoms with E-state index in [2.05, 4.69) is 0 Å². The number of esters is 1. The van der Waals surface area contributed by atoms with Gasteiger partial charge in [-0.1, -0.05) is 0 Å². The Morgan fingerprint density at radius 3 is 2.40 bits per heavy atom. The van der Waals surface area contributed by atoms with Gasteiger partial charge in [-0.3, -0.25) is 0 Å². The third-order valence-corrected chi connectivity index (χ3v) is 2.38. The number of hydrogen-bond acceptors (Lipinski definition) is 5. The first-order valence-electron chi connectivity index (χ1n) is 5.86. The molecule has 1 amide bonds. The summed E-state index contributed by atoms with van der Waals surface area (Å²) in [6, 6.07) is 0. The maximum absolute atomic E-state index is 12.1. The predicted molar refractivity (Wildman–Crippen MR) is 65.1 cm³/mol. The SMILES string of the molecule is [C-]#CC(=O)O[C@@H]1COC(C)(C)N1C(=O)OC(C)(C)C.[Li+]. The van der Waals surface area contributed by atoms with Gasteiger partial charge in [0.05, 0.1) is 0 Å². The first kappa shape index (κ1) is 18.9. The molecule has 0 aliphatic carbocycles. The molecule has 1 aliphatic heterocycles. The Hall–Kier alpha value is -1.14. The van der Waals surface area contributed by atoms with E-state index in [0.29, 0.717) is 0 Å². The van der Waals surface area contributed by atoms with Crippen molar-refractivity contribution in [3.8, 4) is 5.92 Å². The number of amides is 1. The molecular formula is C13H18LiNO5. The van der Waals surface area contributed by atoms with Gasteiger partial charge < -0.3 is 25.4 Å². The van der Waals surface area contributed by atoms with Crippen molar-refractivity contribution < 1.29 is 42.7 Å². The van der Waals surface area contributed by atoms with Crippen LogP contribution in [0.15, 0.2) is 0 Å².